The van der Waals surface area contributed by atoms with Crippen molar-refractivity contribution in [2.24, 2.45) is 0 Å². The Bertz CT molecular complexity index is 771. The topological polar surface area (TPSA) is 74.7 Å². The molecule has 0 bridgehead atoms. The maximum Gasteiger partial charge on any atom is 0.332 e. The lowest BCUT2D eigenvalue weighted by atomic mass is 10.1. The number of hydrogen-bond donors (Lipinski definition) is 1. The van der Waals surface area contributed by atoms with E-state index < -0.39 is 22.0 Å². The highest BCUT2D eigenvalue weighted by atomic mass is 32.2. The van der Waals surface area contributed by atoms with Gasteiger partial charge in [-0.25, -0.2) is 17.5 Å². The zero-order valence-electron chi connectivity index (χ0n) is 10.3. The van der Waals surface area contributed by atoms with Crippen LogP contribution in [0.5, 0.6) is 0 Å². The zero-order chi connectivity index (χ0) is 14.3. The SMILES string of the molecule is O=C(O)C1c2ccccc2S(=O)(=O)N1c1ccccc1. The minimum atomic E-state index is -3.84. The van der Waals surface area contributed by atoms with Crippen molar-refractivity contribution in [3.05, 3.63) is 60.2 Å². The first kappa shape index (κ1) is 12.7. The summed E-state index contributed by atoms with van der Waals surface area (Å²) in [6, 6.07) is 13.2. The summed E-state index contributed by atoms with van der Waals surface area (Å²) in [5.41, 5.74) is 0.639. The number of carboxylic acids is 1. The van der Waals surface area contributed by atoms with Gasteiger partial charge in [0.1, 0.15) is 0 Å². The molecule has 6 heteroatoms. The molecule has 1 unspecified atom stereocenters. The fraction of sp³-hybridized carbons (Fsp3) is 0.0714. The van der Waals surface area contributed by atoms with Crippen LogP contribution in [0.4, 0.5) is 5.69 Å². The van der Waals surface area contributed by atoms with Crippen LogP contribution in [0.2, 0.25) is 0 Å². The Labute approximate surface area is 116 Å². The predicted octanol–water partition coefficient (Wildman–Crippen LogP) is 2.02. The van der Waals surface area contributed by atoms with Crippen LogP contribution >= 0.6 is 0 Å². The summed E-state index contributed by atoms with van der Waals surface area (Å²) in [6.07, 6.45) is 0. The Balaban J connectivity index is 2.28. The molecule has 102 valence electrons. The average molecular weight is 289 g/mol. The van der Waals surface area contributed by atoms with Gasteiger partial charge in [0.05, 0.1) is 10.6 Å². The molecule has 0 aliphatic carbocycles. The van der Waals surface area contributed by atoms with Gasteiger partial charge in [-0.1, -0.05) is 36.4 Å². The summed E-state index contributed by atoms with van der Waals surface area (Å²) in [7, 11) is -3.84. The molecule has 3 rings (SSSR count). The number of anilines is 1. The maximum absolute atomic E-state index is 12.6. The molecular weight excluding hydrogens is 278 g/mol. The number of aliphatic carboxylic acids is 1. The number of para-hydroxylation sites is 1. The molecule has 0 spiro atoms. The van der Waals surface area contributed by atoms with E-state index in [1.807, 2.05) is 0 Å². The van der Waals surface area contributed by atoms with Crippen LogP contribution in [-0.2, 0) is 14.8 Å². The molecule has 1 aliphatic heterocycles. The molecule has 0 saturated heterocycles. The predicted molar refractivity (Wildman–Crippen MR) is 72.9 cm³/mol. The van der Waals surface area contributed by atoms with Crippen LogP contribution in [0.15, 0.2) is 59.5 Å². The molecule has 2 aromatic carbocycles. The molecule has 2 aromatic rings. The molecule has 0 radical (unpaired) electrons. The Morgan fingerprint density at radius 3 is 2.25 bits per heavy atom. The Kier molecular flexibility index (Phi) is 2.76. The highest BCUT2D eigenvalue weighted by molar-refractivity contribution is 7.93. The Morgan fingerprint density at radius 2 is 1.60 bits per heavy atom. The third kappa shape index (κ3) is 1.69. The number of rotatable bonds is 2. The number of carbonyl (C=O) groups is 1. The van der Waals surface area contributed by atoms with Gasteiger partial charge in [0.25, 0.3) is 10.0 Å². The van der Waals surface area contributed by atoms with Crippen molar-refractivity contribution >= 4 is 21.7 Å². The van der Waals surface area contributed by atoms with Gasteiger partial charge >= 0.3 is 5.97 Å². The molecule has 20 heavy (non-hydrogen) atoms. The first-order valence-corrected chi connectivity index (χ1v) is 7.39. The number of benzene rings is 2. The van der Waals surface area contributed by atoms with E-state index in [4.69, 9.17) is 0 Å². The summed E-state index contributed by atoms with van der Waals surface area (Å²) in [5.74, 6) is -1.19. The fourth-order valence-electron chi connectivity index (χ4n) is 2.41. The van der Waals surface area contributed by atoms with E-state index in [-0.39, 0.29) is 4.90 Å². The van der Waals surface area contributed by atoms with Crippen molar-refractivity contribution < 1.29 is 18.3 Å². The number of sulfonamides is 1. The smallest absolute Gasteiger partial charge is 0.332 e. The summed E-state index contributed by atoms with van der Waals surface area (Å²) in [5, 5.41) is 9.42. The fourth-order valence-corrected chi connectivity index (χ4v) is 4.23. The molecular formula is C14H11NO4S. The van der Waals surface area contributed by atoms with Crippen molar-refractivity contribution in [2.75, 3.05) is 4.31 Å². The van der Waals surface area contributed by atoms with Crippen LogP contribution < -0.4 is 4.31 Å². The molecule has 0 aromatic heterocycles. The Morgan fingerprint density at radius 1 is 1.00 bits per heavy atom. The van der Waals surface area contributed by atoms with Gasteiger partial charge in [-0.3, -0.25) is 0 Å². The van der Waals surface area contributed by atoms with Gasteiger partial charge in [0.15, 0.2) is 6.04 Å². The van der Waals surface area contributed by atoms with Crippen molar-refractivity contribution in [2.45, 2.75) is 10.9 Å². The van der Waals surface area contributed by atoms with E-state index >= 15 is 0 Å². The molecule has 1 heterocycles. The van der Waals surface area contributed by atoms with Crippen LogP contribution in [0.1, 0.15) is 11.6 Å². The summed E-state index contributed by atoms with van der Waals surface area (Å²) < 4.78 is 26.1. The van der Waals surface area contributed by atoms with E-state index in [0.717, 1.165) is 4.31 Å². The van der Waals surface area contributed by atoms with E-state index in [0.29, 0.717) is 11.3 Å². The van der Waals surface area contributed by atoms with E-state index in [1.54, 1.807) is 42.5 Å². The normalized spacial score (nSPS) is 19.6. The van der Waals surface area contributed by atoms with Crippen LogP contribution in [-0.4, -0.2) is 19.5 Å². The second-order valence-electron chi connectivity index (χ2n) is 4.42. The second kappa shape index (κ2) is 4.35. The molecule has 1 atom stereocenters. The van der Waals surface area contributed by atoms with Crippen LogP contribution in [0, 0.1) is 0 Å². The van der Waals surface area contributed by atoms with Crippen molar-refractivity contribution in [1.29, 1.82) is 0 Å². The van der Waals surface area contributed by atoms with Gasteiger partial charge in [-0.05, 0) is 18.2 Å². The average Bonchev–Trinajstić information content (AvgIpc) is 2.68. The lowest BCUT2D eigenvalue weighted by Crippen LogP contribution is -2.32. The summed E-state index contributed by atoms with van der Waals surface area (Å²) in [6.45, 7) is 0. The van der Waals surface area contributed by atoms with Gasteiger partial charge in [0.2, 0.25) is 0 Å². The minimum absolute atomic E-state index is 0.0521. The minimum Gasteiger partial charge on any atom is -0.479 e. The Hall–Kier alpha value is -2.34. The third-order valence-electron chi connectivity index (χ3n) is 3.23. The maximum atomic E-state index is 12.6. The first-order valence-electron chi connectivity index (χ1n) is 5.94. The molecule has 5 nitrogen and oxygen atoms in total. The standard InChI is InChI=1S/C14H11NO4S/c16-14(17)13-11-8-4-5-9-12(11)20(18,19)15(13)10-6-2-1-3-7-10/h1-9,13H,(H,16,17). The second-order valence-corrected chi connectivity index (χ2v) is 6.20. The van der Waals surface area contributed by atoms with E-state index in [2.05, 4.69) is 0 Å². The summed E-state index contributed by atoms with van der Waals surface area (Å²) >= 11 is 0. The molecule has 0 fully saturated rings. The highest BCUT2D eigenvalue weighted by Crippen LogP contribution is 2.42. The number of fused-ring (bicyclic) bond motifs is 1. The van der Waals surface area contributed by atoms with Crippen LogP contribution in [0.25, 0.3) is 0 Å². The molecule has 1 aliphatic rings. The van der Waals surface area contributed by atoms with Gasteiger partial charge in [-0.2, -0.15) is 0 Å². The highest BCUT2D eigenvalue weighted by Gasteiger charge is 2.46. The van der Waals surface area contributed by atoms with Crippen molar-refractivity contribution in [3.8, 4) is 0 Å². The van der Waals surface area contributed by atoms with Gasteiger partial charge in [0, 0.05) is 5.56 Å². The molecule has 0 amide bonds. The molecule has 1 N–H and O–H groups in total. The van der Waals surface area contributed by atoms with Gasteiger partial charge in [-0.15, -0.1) is 0 Å². The number of carboxylic acid groups (broad SMARTS) is 1. The first-order chi connectivity index (χ1) is 9.53. The molecule has 0 saturated carbocycles. The van der Waals surface area contributed by atoms with Gasteiger partial charge < -0.3 is 5.11 Å². The van der Waals surface area contributed by atoms with Crippen molar-refractivity contribution in [1.82, 2.24) is 0 Å². The summed E-state index contributed by atoms with van der Waals surface area (Å²) in [4.78, 5) is 11.6. The zero-order valence-corrected chi connectivity index (χ0v) is 11.1. The number of nitrogens with zero attached hydrogens (tertiary/aromatic N) is 1. The number of hydrogen-bond acceptors (Lipinski definition) is 3. The monoisotopic (exact) mass is 289 g/mol. The van der Waals surface area contributed by atoms with E-state index in [1.165, 1.54) is 12.1 Å². The largest absolute Gasteiger partial charge is 0.479 e. The van der Waals surface area contributed by atoms with E-state index in [9.17, 15) is 18.3 Å². The van der Waals surface area contributed by atoms with Crippen molar-refractivity contribution in [3.63, 3.8) is 0 Å². The third-order valence-corrected chi connectivity index (χ3v) is 5.10. The lowest BCUT2D eigenvalue weighted by molar-refractivity contribution is -0.138. The lowest BCUT2D eigenvalue weighted by Gasteiger charge is -2.22. The quantitative estimate of drug-likeness (QED) is 0.917. The van der Waals surface area contributed by atoms with Crippen LogP contribution in [0.3, 0.4) is 0 Å².